The summed E-state index contributed by atoms with van der Waals surface area (Å²) in [4.78, 5) is 19.5. The molecule has 0 unspecified atom stereocenters. The van der Waals surface area contributed by atoms with E-state index in [9.17, 15) is 4.79 Å². The van der Waals surface area contributed by atoms with Gasteiger partial charge in [-0.05, 0) is 25.2 Å². The first-order valence-corrected chi connectivity index (χ1v) is 8.91. The zero-order valence-corrected chi connectivity index (χ0v) is 15.1. The van der Waals surface area contributed by atoms with Crippen molar-refractivity contribution in [3.05, 3.63) is 71.8 Å². The topological polar surface area (TPSA) is 26.8 Å². The standard InChI is InChI=1S/C21H27N3O/c1-22(2)20(19-11-7-4-8-12-19)21(25)24-15-13-23(14-16-24)17-18-9-5-3-6-10-18/h3-12,20H,13-17H2,1-2H3/t20-/m1/s1. The van der Waals surface area contributed by atoms with E-state index in [4.69, 9.17) is 0 Å². The normalized spacial score (nSPS) is 16.8. The number of piperazine rings is 1. The van der Waals surface area contributed by atoms with Crippen molar-refractivity contribution in [3.8, 4) is 0 Å². The minimum absolute atomic E-state index is 0.204. The molecule has 1 fully saturated rings. The molecule has 3 rings (SSSR count). The summed E-state index contributed by atoms with van der Waals surface area (Å²) in [6.45, 7) is 4.40. The highest BCUT2D eigenvalue weighted by molar-refractivity contribution is 5.83. The van der Waals surface area contributed by atoms with Crippen LogP contribution >= 0.6 is 0 Å². The van der Waals surface area contributed by atoms with Gasteiger partial charge in [-0.1, -0.05) is 60.7 Å². The van der Waals surface area contributed by atoms with Gasteiger partial charge in [0.15, 0.2) is 0 Å². The first kappa shape index (κ1) is 17.6. The lowest BCUT2D eigenvalue weighted by atomic mass is 10.0. The number of carbonyl (C=O) groups excluding carboxylic acids is 1. The molecule has 2 aromatic carbocycles. The van der Waals surface area contributed by atoms with Crippen LogP contribution in [0, 0.1) is 0 Å². The number of nitrogens with zero attached hydrogens (tertiary/aromatic N) is 3. The number of rotatable bonds is 5. The maximum absolute atomic E-state index is 13.1. The van der Waals surface area contributed by atoms with E-state index in [0.717, 1.165) is 38.3 Å². The molecule has 4 nitrogen and oxygen atoms in total. The van der Waals surface area contributed by atoms with Gasteiger partial charge >= 0.3 is 0 Å². The van der Waals surface area contributed by atoms with Crippen LogP contribution in [-0.2, 0) is 11.3 Å². The Hall–Kier alpha value is -2.17. The van der Waals surface area contributed by atoms with Gasteiger partial charge in [0.25, 0.3) is 0 Å². The Bertz CT molecular complexity index is 664. The van der Waals surface area contributed by atoms with E-state index in [1.807, 2.05) is 60.3 Å². The number of carbonyl (C=O) groups is 1. The second-order valence-electron chi connectivity index (χ2n) is 6.86. The molecular weight excluding hydrogens is 310 g/mol. The van der Waals surface area contributed by atoms with E-state index >= 15 is 0 Å². The molecule has 1 aliphatic heterocycles. The van der Waals surface area contributed by atoms with Gasteiger partial charge in [0, 0.05) is 32.7 Å². The molecule has 1 amide bonds. The number of amides is 1. The van der Waals surface area contributed by atoms with E-state index in [2.05, 4.69) is 29.2 Å². The maximum atomic E-state index is 13.1. The van der Waals surface area contributed by atoms with E-state index in [1.54, 1.807) is 0 Å². The van der Waals surface area contributed by atoms with Crippen molar-refractivity contribution >= 4 is 5.91 Å². The maximum Gasteiger partial charge on any atom is 0.244 e. The number of benzene rings is 2. The summed E-state index contributed by atoms with van der Waals surface area (Å²) in [6.07, 6.45) is 0. The lowest BCUT2D eigenvalue weighted by Crippen LogP contribution is -2.51. The molecule has 0 aliphatic carbocycles. The molecule has 0 N–H and O–H groups in total. The molecule has 1 atom stereocenters. The second kappa shape index (κ2) is 8.28. The molecule has 0 spiro atoms. The second-order valence-corrected chi connectivity index (χ2v) is 6.86. The summed E-state index contributed by atoms with van der Waals surface area (Å²) in [5.74, 6) is 0.204. The average Bonchev–Trinajstić information content (AvgIpc) is 2.64. The Labute approximate surface area is 150 Å². The Morgan fingerprint density at radius 1 is 0.920 bits per heavy atom. The number of hydrogen-bond acceptors (Lipinski definition) is 3. The highest BCUT2D eigenvalue weighted by Crippen LogP contribution is 2.21. The zero-order valence-electron chi connectivity index (χ0n) is 15.1. The van der Waals surface area contributed by atoms with Crippen LogP contribution in [0.25, 0.3) is 0 Å². The minimum Gasteiger partial charge on any atom is -0.338 e. The SMILES string of the molecule is CN(C)[C@@H](C(=O)N1CCN(Cc2ccccc2)CC1)c1ccccc1. The molecule has 0 saturated carbocycles. The third-order valence-electron chi connectivity index (χ3n) is 4.80. The van der Waals surface area contributed by atoms with Crippen molar-refractivity contribution in [3.63, 3.8) is 0 Å². The van der Waals surface area contributed by atoms with Crippen molar-refractivity contribution < 1.29 is 4.79 Å². The van der Waals surface area contributed by atoms with Crippen LogP contribution in [0.15, 0.2) is 60.7 Å². The Morgan fingerprint density at radius 2 is 1.48 bits per heavy atom. The predicted octanol–water partition coefficient (Wildman–Crippen LogP) is 2.63. The highest BCUT2D eigenvalue weighted by atomic mass is 16.2. The van der Waals surface area contributed by atoms with Gasteiger partial charge in [-0.25, -0.2) is 0 Å². The Morgan fingerprint density at radius 3 is 2.04 bits per heavy atom. The van der Waals surface area contributed by atoms with Crippen molar-refractivity contribution in [1.29, 1.82) is 0 Å². The van der Waals surface area contributed by atoms with Gasteiger partial charge in [-0.15, -0.1) is 0 Å². The fraction of sp³-hybridized carbons (Fsp3) is 0.381. The van der Waals surface area contributed by atoms with Gasteiger partial charge < -0.3 is 4.90 Å². The first-order chi connectivity index (χ1) is 12.1. The third-order valence-corrected chi connectivity index (χ3v) is 4.80. The molecular formula is C21H27N3O. The summed E-state index contributed by atoms with van der Waals surface area (Å²) in [5, 5.41) is 0. The lowest BCUT2D eigenvalue weighted by molar-refractivity contribution is -0.138. The third kappa shape index (κ3) is 4.47. The van der Waals surface area contributed by atoms with E-state index < -0.39 is 0 Å². The van der Waals surface area contributed by atoms with E-state index in [0.29, 0.717) is 0 Å². The molecule has 0 radical (unpaired) electrons. The van der Waals surface area contributed by atoms with Crippen molar-refractivity contribution in [1.82, 2.24) is 14.7 Å². The van der Waals surface area contributed by atoms with Crippen LogP contribution in [0.3, 0.4) is 0 Å². The largest absolute Gasteiger partial charge is 0.338 e. The molecule has 1 saturated heterocycles. The number of likely N-dealkylation sites (N-methyl/N-ethyl adjacent to an activating group) is 1. The summed E-state index contributed by atoms with van der Waals surface area (Å²) in [7, 11) is 3.95. The Balaban J connectivity index is 1.60. The monoisotopic (exact) mass is 337 g/mol. The van der Waals surface area contributed by atoms with Crippen LogP contribution in [0.2, 0.25) is 0 Å². The average molecular weight is 337 g/mol. The van der Waals surface area contributed by atoms with E-state index in [-0.39, 0.29) is 11.9 Å². The van der Waals surface area contributed by atoms with Crippen LogP contribution in [-0.4, -0.2) is 60.9 Å². The van der Waals surface area contributed by atoms with Crippen LogP contribution in [0.4, 0.5) is 0 Å². The number of hydrogen-bond donors (Lipinski definition) is 0. The highest BCUT2D eigenvalue weighted by Gasteiger charge is 2.29. The quantitative estimate of drug-likeness (QED) is 0.839. The molecule has 25 heavy (non-hydrogen) atoms. The molecule has 1 aliphatic rings. The van der Waals surface area contributed by atoms with E-state index in [1.165, 1.54) is 5.56 Å². The summed E-state index contributed by atoms with van der Waals surface area (Å²) in [5.41, 5.74) is 2.39. The zero-order chi connectivity index (χ0) is 17.6. The molecule has 0 bridgehead atoms. The Kier molecular flexibility index (Phi) is 5.84. The molecule has 1 heterocycles. The van der Waals surface area contributed by atoms with Gasteiger partial charge in [0.05, 0.1) is 0 Å². The fourth-order valence-electron chi connectivity index (χ4n) is 3.44. The van der Waals surface area contributed by atoms with Gasteiger partial charge in [0.2, 0.25) is 5.91 Å². The van der Waals surface area contributed by atoms with Crippen molar-refractivity contribution in [2.24, 2.45) is 0 Å². The van der Waals surface area contributed by atoms with Gasteiger partial charge in [-0.3, -0.25) is 14.6 Å². The summed E-state index contributed by atoms with van der Waals surface area (Å²) < 4.78 is 0. The molecule has 4 heteroatoms. The smallest absolute Gasteiger partial charge is 0.244 e. The minimum atomic E-state index is -0.207. The van der Waals surface area contributed by atoms with Crippen LogP contribution in [0.5, 0.6) is 0 Å². The summed E-state index contributed by atoms with van der Waals surface area (Å²) >= 11 is 0. The van der Waals surface area contributed by atoms with Gasteiger partial charge in [0.1, 0.15) is 6.04 Å². The van der Waals surface area contributed by atoms with Crippen molar-refractivity contribution in [2.45, 2.75) is 12.6 Å². The molecule has 0 aromatic heterocycles. The van der Waals surface area contributed by atoms with Gasteiger partial charge in [-0.2, -0.15) is 0 Å². The first-order valence-electron chi connectivity index (χ1n) is 8.91. The lowest BCUT2D eigenvalue weighted by Gasteiger charge is -2.37. The molecule has 2 aromatic rings. The predicted molar refractivity (Wildman–Crippen MR) is 101 cm³/mol. The molecule has 132 valence electrons. The summed E-state index contributed by atoms with van der Waals surface area (Å²) in [6, 6.07) is 20.4. The van der Waals surface area contributed by atoms with Crippen LogP contribution in [0.1, 0.15) is 17.2 Å². The van der Waals surface area contributed by atoms with Crippen LogP contribution < -0.4 is 0 Å². The fourth-order valence-corrected chi connectivity index (χ4v) is 3.44. The van der Waals surface area contributed by atoms with Crippen molar-refractivity contribution in [2.75, 3.05) is 40.3 Å².